The second-order valence-electron chi connectivity index (χ2n) is 10.0. The van der Waals surface area contributed by atoms with Crippen molar-refractivity contribution in [2.75, 3.05) is 18.6 Å². The van der Waals surface area contributed by atoms with Crippen molar-refractivity contribution < 1.29 is 35.1 Å². The Bertz CT molecular complexity index is 1180. The lowest BCUT2D eigenvalue weighted by Gasteiger charge is -2.56. The molecule has 1 saturated carbocycles. The zero-order valence-electron chi connectivity index (χ0n) is 19.0. The number of hydrogen-bond acceptors (Lipinski definition) is 3. The lowest BCUT2D eigenvalue weighted by Crippen LogP contribution is -2.55. The van der Waals surface area contributed by atoms with Crippen LogP contribution >= 0.6 is 0 Å². The van der Waals surface area contributed by atoms with E-state index < -0.39 is 44.0 Å². The predicted molar refractivity (Wildman–Crippen MR) is 118 cm³/mol. The Morgan fingerprint density at radius 1 is 1.03 bits per heavy atom. The summed E-state index contributed by atoms with van der Waals surface area (Å²) in [5, 5.41) is 0. The van der Waals surface area contributed by atoms with Gasteiger partial charge in [0, 0.05) is 23.2 Å². The summed E-state index contributed by atoms with van der Waals surface area (Å²) >= 11 is 0. The van der Waals surface area contributed by atoms with E-state index in [1.165, 1.54) is 12.1 Å². The molecule has 2 aromatic rings. The lowest BCUT2D eigenvalue weighted by atomic mass is 9.50. The molecule has 1 heterocycles. The van der Waals surface area contributed by atoms with Crippen molar-refractivity contribution in [3.63, 3.8) is 0 Å². The van der Waals surface area contributed by atoms with Crippen LogP contribution in [-0.2, 0) is 27.8 Å². The Balaban J connectivity index is 1.83. The van der Waals surface area contributed by atoms with Gasteiger partial charge >= 0.3 is 6.18 Å². The number of rotatable bonds is 5. The largest absolute Gasteiger partial charge is 0.490 e. The molecule has 2 aliphatic rings. The van der Waals surface area contributed by atoms with E-state index in [1.807, 2.05) is 6.92 Å². The molecule has 3 nitrogen and oxygen atoms in total. The second-order valence-corrected chi connectivity index (χ2v) is 12.3. The van der Waals surface area contributed by atoms with Gasteiger partial charge in [0.05, 0.1) is 17.9 Å². The van der Waals surface area contributed by atoms with E-state index in [0.717, 1.165) is 30.5 Å². The summed E-state index contributed by atoms with van der Waals surface area (Å²) < 4.78 is 98.8. The van der Waals surface area contributed by atoms with E-state index in [4.69, 9.17) is 4.74 Å². The molecule has 4 rings (SSSR count). The number of alkyl halides is 3. The number of ether oxygens (including phenoxy) is 1. The van der Waals surface area contributed by atoms with Crippen LogP contribution in [0.4, 0.5) is 22.0 Å². The third kappa shape index (κ3) is 4.55. The van der Waals surface area contributed by atoms with Crippen molar-refractivity contribution in [2.45, 2.75) is 50.6 Å². The Hall–Kier alpha value is -2.16. The maximum atomic E-state index is 15.3. The van der Waals surface area contributed by atoms with E-state index in [-0.39, 0.29) is 36.0 Å². The zero-order valence-corrected chi connectivity index (χ0v) is 19.8. The van der Waals surface area contributed by atoms with Gasteiger partial charge < -0.3 is 4.74 Å². The zero-order chi connectivity index (χ0) is 24.9. The minimum absolute atomic E-state index is 0.0468. The van der Waals surface area contributed by atoms with E-state index in [2.05, 4.69) is 0 Å². The van der Waals surface area contributed by atoms with E-state index >= 15 is 4.39 Å². The molecule has 1 aliphatic heterocycles. The molecule has 34 heavy (non-hydrogen) atoms. The van der Waals surface area contributed by atoms with Crippen LogP contribution in [0.15, 0.2) is 36.4 Å². The average molecular weight is 503 g/mol. The van der Waals surface area contributed by atoms with Gasteiger partial charge in [0.1, 0.15) is 15.7 Å². The standard InChI is InChI=1S/C25H27F5O3S/c1-23(12-13-34(2,31)32)10-3-11-24(14-16-4-6-17(7-5-16)25(28,29)30)20(23)15-33-22-19(27)9-8-18(26)21(22)24/h4-9,20H,3,10-15H2,1-2H3/t20-,23-,24-/m0/s1. The van der Waals surface area contributed by atoms with Crippen molar-refractivity contribution in [1.82, 2.24) is 0 Å². The summed E-state index contributed by atoms with van der Waals surface area (Å²) in [6, 6.07) is 6.80. The highest BCUT2D eigenvalue weighted by Gasteiger charge is 2.56. The van der Waals surface area contributed by atoms with Crippen LogP contribution in [0.3, 0.4) is 0 Å². The highest BCUT2D eigenvalue weighted by molar-refractivity contribution is 7.90. The maximum Gasteiger partial charge on any atom is 0.416 e. The van der Waals surface area contributed by atoms with Crippen molar-refractivity contribution in [3.8, 4) is 5.75 Å². The number of sulfone groups is 1. The fraction of sp³-hybridized carbons (Fsp3) is 0.520. The van der Waals surface area contributed by atoms with Gasteiger partial charge in [0.2, 0.25) is 0 Å². The number of halogens is 5. The van der Waals surface area contributed by atoms with Crippen molar-refractivity contribution in [2.24, 2.45) is 11.3 Å². The van der Waals surface area contributed by atoms with Crippen LogP contribution in [0.1, 0.15) is 49.3 Å². The van der Waals surface area contributed by atoms with Gasteiger partial charge in [-0.3, -0.25) is 0 Å². The fourth-order valence-corrected chi connectivity index (χ4v) is 6.82. The molecule has 0 unspecified atom stereocenters. The minimum atomic E-state index is -4.48. The highest BCUT2D eigenvalue weighted by Crippen LogP contribution is 2.60. The molecule has 1 aliphatic carbocycles. The van der Waals surface area contributed by atoms with E-state index in [1.54, 1.807) is 0 Å². The summed E-state index contributed by atoms with van der Waals surface area (Å²) in [5.74, 6) is -1.86. The maximum absolute atomic E-state index is 15.3. The number of benzene rings is 2. The highest BCUT2D eigenvalue weighted by atomic mass is 32.2. The van der Waals surface area contributed by atoms with Crippen molar-refractivity contribution >= 4 is 9.84 Å². The topological polar surface area (TPSA) is 43.4 Å². The van der Waals surface area contributed by atoms with Crippen LogP contribution in [0.5, 0.6) is 5.75 Å². The monoisotopic (exact) mass is 502 g/mol. The van der Waals surface area contributed by atoms with Gasteiger partial charge in [-0.25, -0.2) is 17.2 Å². The van der Waals surface area contributed by atoms with Crippen LogP contribution in [0, 0.1) is 23.0 Å². The SMILES string of the molecule is C[C@@]1(CCS(C)(=O)=O)CCC[C@@]2(Cc3ccc(C(F)(F)F)cc3)c3c(F)ccc(F)c3OC[C@@H]12. The third-order valence-corrected chi connectivity index (χ3v) is 8.62. The molecule has 0 spiro atoms. The van der Waals surface area contributed by atoms with Gasteiger partial charge in [-0.1, -0.05) is 25.5 Å². The molecule has 3 atom stereocenters. The summed E-state index contributed by atoms with van der Waals surface area (Å²) in [5.41, 5.74) is -1.58. The molecule has 0 radical (unpaired) electrons. The van der Waals surface area contributed by atoms with Gasteiger partial charge in [-0.2, -0.15) is 13.2 Å². The Morgan fingerprint density at radius 3 is 2.29 bits per heavy atom. The first-order chi connectivity index (χ1) is 15.8. The molecule has 0 bridgehead atoms. The first-order valence-corrected chi connectivity index (χ1v) is 13.3. The molecule has 0 amide bonds. The number of fused-ring (bicyclic) bond motifs is 3. The molecule has 0 aromatic heterocycles. The lowest BCUT2D eigenvalue weighted by molar-refractivity contribution is -0.137. The third-order valence-electron chi connectivity index (χ3n) is 7.67. The molecule has 186 valence electrons. The van der Waals surface area contributed by atoms with Crippen LogP contribution in [-0.4, -0.2) is 27.0 Å². The van der Waals surface area contributed by atoms with Crippen LogP contribution in [0.25, 0.3) is 0 Å². The quantitative estimate of drug-likeness (QED) is 0.464. The predicted octanol–water partition coefficient (Wildman–Crippen LogP) is 6.10. The van der Waals surface area contributed by atoms with Gasteiger partial charge in [-0.15, -0.1) is 0 Å². The molecule has 0 saturated heterocycles. The smallest absolute Gasteiger partial charge is 0.416 e. The summed E-state index contributed by atoms with van der Waals surface area (Å²) in [6.07, 6.45) is -0.957. The van der Waals surface area contributed by atoms with Gasteiger partial charge in [-0.05, 0) is 60.9 Å². The van der Waals surface area contributed by atoms with Crippen LogP contribution in [0.2, 0.25) is 0 Å². The van der Waals surface area contributed by atoms with E-state index in [0.29, 0.717) is 31.2 Å². The first-order valence-electron chi connectivity index (χ1n) is 11.2. The molecule has 1 fully saturated rings. The molecular weight excluding hydrogens is 475 g/mol. The molecule has 2 aromatic carbocycles. The fourth-order valence-electron chi connectivity index (χ4n) is 5.98. The summed E-state index contributed by atoms with van der Waals surface area (Å²) in [4.78, 5) is 0. The Morgan fingerprint density at radius 2 is 1.68 bits per heavy atom. The van der Waals surface area contributed by atoms with Crippen molar-refractivity contribution in [3.05, 3.63) is 64.7 Å². The average Bonchev–Trinajstić information content (AvgIpc) is 2.74. The Labute approximate surface area is 196 Å². The number of hydrogen-bond donors (Lipinski definition) is 0. The minimum Gasteiger partial charge on any atom is -0.490 e. The summed E-state index contributed by atoms with van der Waals surface area (Å²) in [7, 11) is -3.25. The van der Waals surface area contributed by atoms with Gasteiger partial charge in [0.25, 0.3) is 0 Å². The molecular formula is C25H27F5O3S. The first kappa shape index (κ1) is 24.9. The molecule has 0 N–H and O–H groups in total. The summed E-state index contributed by atoms with van der Waals surface area (Å²) in [6.45, 7) is 2.03. The normalized spacial score (nSPS) is 27.0. The van der Waals surface area contributed by atoms with Gasteiger partial charge in [0.15, 0.2) is 11.6 Å². The van der Waals surface area contributed by atoms with Crippen LogP contribution < -0.4 is 4.74 Å². The van der Waals surface area contributed by atoms with Crippen molar-refractivity contribution in [1.29, 1.82) is 0 Å². The molecule has 9 heteroatoms. The second kappa shape index (κ2) is 8.50. The van der Waals surface area contributed by atoms with E-state index in [9.17, 15) is 26.0 Å². The Kier molecular flexibility index (Phi) is 6.24.